The van der Waals surface area contributed by atoms with E-state index in [-0.39, 0.29) is 0 Å². The van der Waals surface area contributed by atoms with Gasteiger partial charge in [0.25, 0.3) is 0 Å². The summed E-state index contributed by atoms with van der Waals surface area (Å²) in [4.78, 5) is 12.6. The summed E-state index contributed by atoms with van der Waals surface area (Å²) in [6, 6.07) is 5.72. The molecule has 0 bridgehead atoms. The SMILES string of the molecule is CCN(CC)CC.c1c[nH]cn1.c1ccncc1. The molecule has 0 radical (unpaired) electrons. The zero-order valence-electron chi connectivity index (χ0n) is 11.6. The molecule has 0 aliphatic carbocycles. The Morgan fingerprint density at radius 2 is 1.44 bits per heavy atom. The predicted octanol–water partition coefficient (Wildman–Crippen LogP) is 2.84. The van der Waals surface area contributed by atoms with Gasteiger partial charge in [-0.05, 0) is 31.8 Å². The lowest BCUT2D eigenvalue weighted by atomic mass is 10.5. The molecule has 100 valence electrons. The van der Waals surface area contributed by atoms with E-state index in [1.54, 1.807) is 31.1 Å². The van der Waals surface area contributed by atoms with Crippen molar-refractivity contribution in [3.8, 4) is 0 Å². The number of hydrogen-bond donors (Lipinski definition) is 1. The molecule has 0 saturated carbocycles. The molecule has 4 heteroatoms. The van der Waals surface area contributed by atoms with Crippen LogP contribution >= 0.6 is 0 Å². The van der Waals surface area contributed by atoms with Gasteiger partial charge in [0.15, 0.2) is 0 Å². The van der Waals surface area contributed by atoms with E-state index < -0.39 is 0 Å². The number of H-pyrrole nitrogens is 1. The molecule has 2 aromatic rings. The molecular formula is C14H24N4. The Bertz CT molecular complexity index is 267. The third-order valence-electron chi connectivity index (χ3n) is 2.31. The van der Waals surface area contributed by atoms with Crippen molar-refractivity contribution in [3.05, 3.63) is 49.3 Å². The average Bonchev–Trinajstić information content (AvgIpc) is 3.03. The molecule has 18 heavy (non-hydrogen) atoms. The van der Waals surface area contributed by atoms with E-state index >= 15 is 0 Å². The van der Waals surface area contributed by atoms with Gasteiger partial charge in [-0.3, -0.25) is 4.98 Å². The van der Waals surface area contributed by atoms with Crippen LogP contribution in [0.1, 0.15) is 20.8 Å². The summed E-state index contributed by atoms with van der Waals surface area (Å²) in [6.07, 6.45) is 8.58. The fraction of sp³-hybridized carbons (Fsp3) is 0.429. The lowest BCUT2D eigenvalue weighted by Gasteiger charge is -2.13. The van der Waals surface area contributed by atoms with E-state index in [1.165, 1.54) is 19.6 Å². The summed E-state index contributed by atoms with van der Waals surface area (Å²) in [5, 5.41) is 0. The van der Waals surface area contributed by atoms with Gasteiger partial charge in [-0.2, -0.15) is 0 Å². The van der Waals surface area contributed by atoms with Crippen LogP contribution in [0.15, 0.2) is 49.3 Å². The Hall–Kier alpha value is -1.68. The highest BCUT2D eigenvalue weighted by atomic mass is 15.1. The van der Waals surface area contributed by atoms with Crippen LogP contribution in [0.3, 0.4) is 0 Å². The summed E-state index contributed by atoms with van der Waals surface area (Å²) in [5.74, 6) is 0. The van der Waals surface area contributed by atoms with Gasteiger partial charge in [0, 0.05) is 24.8 Å². The van der Waals surface area contributed by atoms with Gasteiger partial charge in [-0.25, -0.2) is 4.98 Å². The van der Waals surface area contributed by atoms with Crippen molar-refractivity contribution in [1.82, 2.24) is 19.9 Å². The van der Waals surface area contributed by atoms with Crippen molar-refractivity contribution in [3.63, 3.8) is 0 Å². The summed E-state index contributed by atoms with van der Waals surface area (Å²) in [6.45, 7) is 10.1. The monoisotopic (exact) mass is 248 g/mol. The molecule has 0 aromatic carbocycles. The number of nitrogens with zero attached hydrogens (tertiary/aromatic N) is 3. The summed E-state index contributed by atoms with van der Waals surface area (Å²) < 4.78 is 0. The molecule has 0 aliphatic rings. The van der Waals surface area contributed by atoms with Crippen LogP contribution in [0.2, 0.25) is 0 Å². The van der Waals surface area contributed by atoms with Gasteiger partial charge in [-0.1, -0.05) is 26.8 Å². The smallest absolute Gasteiger partial charge is 0.0919 e. The summed E-state index contributed by atoms with van der Waals surface area (Å²) in [5.41, 5.74) is 0. The normalized spacial score (nSPS) is 8.89. The van der Waals surface area contributed by atoms with Crippen LogP contribution < -0.4 is 0 Å². The van der Waals surface area contributed by atoms with E-state index in [0.29, 0.717) is 0 Å². The molecule has 2 aromatic heterocycles. The third-order valence-corrected chi connectivity index (χ3v) is 2.31. The van der Waals surface area contributed by atoms with Crippen LogP contribution in [-0.2, 0) is 0 Å². The van der Waals surface area contributed by atoms with Crippen molar-refractivity contribution in [2.24, 2.45) is 0 Å². The lowest BCUT2D eigenvalue weighted by molar-refractivity contribution is 0.321. The molecule has 0 amide bonds. The number of imidazole rings is 1. The second-order valence-electron chi connectivity index (χ2n) is 3.40. The van der Waals surface area contributed by atoms with Crippen LogP contribution in [0, 0.1) is 0 Å². The largest absolute Gasteiger partial charge is 0.351 e. The maximum absolute atomic E-state index is 3.78. The van der Waals surface area contributed by atoms with E-state index in [4.69, 9.17) is 0 Å². The van der Waals surface area contributed by atoms with Gasteiger partial charge in [0.2, 0.25) is 0 Å². The topological polar surface area (TPSA) is 44.8 Å². The molecule has 0 fully saturated rings. The Balaban J connectivity index is 0.000000243. The summed E-state index contributed by atoms with van der Waals surface area (Å²) in [7, 11) is 0. The molecule has 1 N–H and O–H groups in total. The standard InChI is InChI=1S/C6H15N.C5H5N.C3H4N2/c1-4-7(5-2)6-3;1-2-4-6-5-3-1;1-2-5-3-4-1/h4-6H2,1-3H3;1-5H;1-3H,(H,4,5). The highest BCUT2D eigenvalue weighted by Gasteiger charge is 1.89. The van der Waals surface area contributed by atoms with Gasteiger partial charge in [0.1, 0.15) is 0 Å². The van der Waals surface area contributed by atoms with Crippen LogP contribution in [-0.4, -0.2) is 39.5 Å². The first-order chi connectivity index (χ1) is 8.85. The predicted molar refractivity (Wildman–Crippen MR) is 76.3 cm³/mol. The number of hydrogen-bond acceptors (Lipinski definition) is 3. The van der Waals surface area contributed by atoms with E-state index in [0.717, 1.165) is 0 Å². The highest BCUT2D eigenvalue weighted by Crippen LogP contribution is 1.81. The molecular weight excluding hydrogens is 224 g/mol. The minimum absolute atomic E-state index is 1.19. The van der Waals surface area contributed by atoms with Gasteiger partial charge >= 0.3 is 0 Å². The first-order valence-corrected chi connectivity index (χ1v) is 6.35. The fourth-order valence-electron chi connectivity index (χ4n) is 1.20. The Labute approximate surface area is 110 Å². The minimum Gasteiger partial charge on any atom is -0.351 e. The second kappa shape index (κ2) is 13.4. The second-order valence-corrected chi connectivity index (χ2v) is 3.40. The summed E-state index contributed by atoms with van der Waals surface area (Å²) >= 11 is 0. The van der Waals surface area contributed by atoms with Gasteiger partial charge in [0.05, 0.1) is 6.33 Å². The van der Waals surface area contributed by atoms with Gasteiger partial charge in [-0.15, -0.1) is 0 Å². The van der Waals surface area contributed by atoms with Crippen LogP contribution in [0.25, 0.3) is 0 Å². The van der Waals surface area contributed by atoms with Gasteiger partial charge < -0.3 is 9.88 Å². The quantitative estimate of drug-likeness (QED) is 0.908. The first-order valence-electron chi connectivity index (χ1n) is 6.35. The number of pyridine rings is 1. The lowest BCUT2D eigenvalue weighted by Crippen LogP contribution is -2.21. The zero-order chi connectivity index (χ0) is 13.5. The Morgan fingerprint density at radius 3 is 1.56 bits per heavy atom. The Kier molecular flexibility index (Phi) is 12.1. The number of nitrogens with one attached hydrogen (secondary N) is 1. The van der Waals surface area contributed by atoms with E-state index in [9.17, 15) is 0 Å². The third kappa shape index (κ3) is 10.8. The fourth-order valence-corrected chi connectivity index (χ4v) is 1.20. The number of aromatic nitrogens is 3. The molecule has 0 spiro atoms. The van der Waals surface area contributed by atoms with Crippen molar-refractivity contribution < 1.29 is 0 Å². The molecule has 0 aliphatic heterocycles. The maximum Gasteiger partial charge on any atom is 0.0919 e. The van der Waals surface area contributed by atoms with Crippen LogP contribution in [0.5, 0.6) is 0 Å². The first kappa shape index (κ1) is 16.3. The molecule has 4 nitrogen and oxygen atoms in total. The molecule has 0 atom stereocenters. The molecule has 0 saturated heterocycles. The maximum atomic E-state index is 3.78. The number of rotatable bonds is 3. The number of aromatic amines is 1. The highest BCUT2D eigenvalue weighted by molar-refractivity contribution is 4.88. The molecule has 0 unspecified atom stereocenters. The Morgan fingerprint density at radius 1 is 0.833 bits per heavy atom. The molecule has 2 rings (SSSR count). The minimum atomic E-state index is 1.19. The van der Waals surface area contributed by atoms with Crippen molar-refractivity contribution in [2.75, 3.05) is 19.6 Å². The van der Waals surface area contributed by atoms with E-state index in [1.807, 2.05) is 18.2 Å². The van der Waals surface area contributed by atoms with Crippen molar-refractivity contribution >= 4 is 0 Å². The van der Waals surface area contributed by atoms with E-state index in [2.05, 4.69) is 40.6 Å². The molecule has 2 heterocycles. The average molecular weight is 248 g/mol. The van der Waals surface area contributed by atoms with Crippen LogP contribution in [0.4, 0.5) is 0 Å². The van der Waals surface area contributed by atoms with Crippen molar-refractivity contribution in [2.45, 2.75) is 20.8 Å². The zero-order valence-corrected chi connectivity index (χ0v) is 11.6. The van der Waals surface area contributed by atoms with Crippen molar-refractivity contribution in [1.29, 1.82) is 0 Å².